The first-order chi connectivity index (χ1) is 13.2. The molecule has 2 aliphatic rings. The highest BCUT2D eigenvalue weighted by Crippen LogP contribution is 2.26. The van der Waals surface area contributed by atoms with Crippen LogP contribution >= 0.6 is 24.0 Å². The molecule has 2 fully saturated rings. The normalized spacial score (nSPS) is 21.2. The molecule has 0 bridgehead atoms. The molecule has 5 nitrogen and oxygen atoms in total. The third kappa shape index (κ3) is 4.82. The van der Waals surface area contributed by atoms with E-state index in [0.29, 0.717) is 6.04 Å². The lowest BCUT2D eigenvalue weighted by Gasteiger charge is -2.24. The van der Waals surface area contributed by atoms with Crippen LogP contribution in [-0.2, 0) is 6.42 Å². The number of aryl methyl sites for hydroxylation is 1. The van der Waals surface area contributed by atoms with Crippen molar-refractivity contribution in [1.29, 1.82) is 0 Å². The number of aromatic nitrogens is 1. The molecule has 2 heterocycles. The molecule has 28 heavy (non-hydrogen) atoms. The summed E-state index contributed by atoms with van der Waals surface area (Å²) in [4.78, 5) is 10.6. The van der Waals surface area contributed by atoms with Gasteiger partial charge >= 0.3 is 0 Å². The van der Waals surface area contributed by atoms with Crippen molar-refractivity contribution < 1.29 is 0 Å². The second-order valence-electron chi connectivity index (χ2n) is 8.09. The first kappa shape index (κ1) is 21.4. The van der Waals surface area contributed by atoms with Crippen molar-refractivity contribution >= 4 is 40.8 Å². The van der Waals surface area contributed by atoms with Gasteiger partial charge in [-0.3, -0.25) is 9.89 Å². The van der Waals surface area contributed by atoms with Gasteiger partial charge in [0.15, 0.2) is 5.96 Å². The van der Waals surface area contributed by atoms with Gasteiger partial charge in [0.1, 0.15) is 0 Å². The van der Waals surface area contributed by atoms with Gasteiger partial charge in [-0.2, -0.15) is 0 Å². The highest BCUT2D eigenvalue weighted by Gasteiger charge is 2.30. The third-order valence-electron chi connectivity index (χ3n) is 6.32. The fraction of sp³-hybridized carbons (Fsp3) is 0.591. The SMILES string of the molecule is CN=C(NCCc1c(C)[nH]c2ccccc12)NC1CCN(C2CCCC2)C1.I. The van der Waals surface area contributed by atoms with Crippen LogP contribution in [0.15, 0.2) is 29.3 Å². The summed E-state index contributed by atoms with van der Waals surface area (Å²) in [6.07, 6.45) is 7.83. The summed E-state index contributed by atoms with van der Waals surface area (Å²) in [6.45, 7) is 5.45. The average molecular weight is 495 g/mol. The number of rotatable bonds is 5. The van der Waals surface area contributed by atoms with E-state index in [9.17, 15) is 0 Å². The van der Waals surface area contributed by atoms with Crippen LogP contribution in [-0.4, -0.2) is 54.6 Å². The van der Waals surface area contributed by atoms with Gasteiger partial charge in [0, 0.05) is 55.4 Å². The standard InChI is InChI=1S/C22H33N5.HI/c1-16-19(20-9-5-6-10-21(20)25-16)11-13-24-22(23-2)26-17-12-14-27(15-17)18-7-3-4-8-18;/h5-6,9-10,17-18,25H,3-4,7-8,11-15H2,1-2H3,(H2,23,24,26);1H. The summed E-state index contributed by atoms with van der Waals surface area (Å²) in [5.41, 5.74) is 3.90. The maximum atomic E-state index is 4.45. The van der Waals surface area contributed by atoms with Crippen molar-refractivity contribution in [1.82, 2.24) is 20.5 Å². The van der Waals surface area contributed by atoms with Crippen LogP contribution in [0.2, 0.25) is 0 Å². The minimum Gasteiger partial charge on any atom is -0.358 e. The lowest BCUT2D eigenvalue weighted by atomic mass is 10.1. The summed E-state index contributed by atoms with van der Waals surface area (Å²) >= 11 is 0. The lowest BCUT2D eigenvalue weighted by molar-refractivity contribution is 0.242. The highest BCUT2D eigenvalue weighted by atomic mass is 127. The minimum atomic E-state index is 0. The highest BCUT2D eigenvalue weighted by molar-refractivity contribution is 14.0. The second kappa shape index (κ2) is 9.96. The summed E-state index contributed by atoms with van der Waals surface area (Å²) < 4.78 is 0. The maximum absolute atomic E-state index is 4.45. The van der Waals surface area contributed by atoms with Gasteiger partial charge in [-0.15, -0.1) is 24.0 Å². The number of para-hydroxylation sites is 1. The third-order valence-corrected chi connectivity index (χ3v) is 6.32. The molecular weight excluding hydrogens is 461 g/mol. The van der Waals surface area contributed by atoms with Crippen LogP contribution in [0.3, 0.4) is 0 Å². The molecule has 1 saturated carbocycles. The van der Waals surface area contributed by atoms with E-state index >= 15 is 0 Å². The molecule has 1 aromatic carbocycles. The molecule has 1 saturated heterocycles. The summed E-state index contributed by atoms with van der Waals surface area (Å²) in [5.74, 6) is 0.936. The number of fused-ring (bicyclic) bond motifs is 1. The first-order valence-corrected chi connectivity index (χ1v) is 10.5. The van der Waals surface area contributed by atoms with Gasteiger partial charge in [-0.05, 0) is 44.2 Å². The van der Waals surface area contributed by atoms with E-state index in [-0.39, 0.29) is 24.0 Å². The minimum absolute atomic E-state index is 0. The number of aliphatic imine (C=N–C) groups is 1. The molecular formula is C22H34IN5. The van der Waals surface area contributed by atoms with Crippen LogP contribution < -0.4 is 10.6 Å². The zero-order valence-corrected chi connectivity index (χ0v) is 19.5. The summed E-state index contributed by atoms with van der Waals surface area (Å²) in [5, 5.41) is 8.49. The first-order valence-electron chi connectivity index (χ1n) is 10.5. The van der Waals surface area contributed by atoms with E-state index in [1.54, 1.807) is 0 Å². The molecule has 4 rings (SSSR count). The Bertz CT molecular complexity index is 793. The maximum Gasteiger partial charge on any atom is 0.191 e. The van der Waals surface area contributed by atoms with Crippen LogP contribution in [0.5, 0.6) is 0 Å². The number of halogens is 1. The Kier molecular flexibility index (Phi) is 7.62. The molecule has 0 amide bonds. The number of H-pyrrole nitrogens is 1. The Morgan fingerprint density at radius 3 is 2.79 bits per heavy atom. The Morgan fingerprint density at radius 1 is 1.21 bits per heavy atom. The summed E-state index contributed by atoms with van der Waals surface area (Å²) in [7, 11) is 1.87. The molecule has 1 unspecified atom stereocenters. The van der Waals surface area contributed by atoms with Crippen molar-refractivity contribution in [3.63, 3.8) is 0 Å². The van der Waals surface area contributed by atoms with Crippen molar-refractivity contribution in [2.24, 2.45) is 4.99 Å². The lowest BCUT2D eigenvalue weighted by Crippen LogP contribution is -2.45. The Morgan fingerprint density at radius 2 is 2.00 bits per heavy atom. The monoisotopic (exact) mass is 495 g/mol. The molecule has 0 spiro atoms. The van der Waals surface area contributed by atoms with E-state index in [2.05, 4.69) is 56.7 Å². The molecule has 1 aromatic heterocycles. The van der Waals surface area contributed by atoms with Gasteiger partial charge in [-0.1, -0.05) is 31.0 Å². The summed E-state index contributed by atoms with van der Waals surface area (Å²) in [6, 6.07) is 9.90. The molecule has 1 atom stereocenters. The van der Waals surface area contributed by atoms with E-state index in [1.165, 1.54) is 60.8 Å². The quantitative estimate of drug-likeness (QED) is 0.336. The molecule has 6 heteroatoms. The largest absolute Gasteiger partial charge is 0.358 e. The van der Waals surface area contributed by atoms with Crippen molar-refractivity contribution in [3.8, 4) is 0 Å². The van der Waals surface area contributed by atoms with Gasteiger partial charge in [-0.25, -0.2) is 0 Å². The van der Waals surface area contributed by atoms with Crippen LogP contribution in [0.4, 0.5) is 0 Å². The number of likely N-dealkylation sites (tertiary alicyclic amines) is 1. The zero-order chi connectivity index (χ0) is 18.6. The van der Waals surface area contributed by atoms with Gasteiger partial charge in [0.05, 0.1) is 0 Å². The number of nitrogens with zero attached hydrogens (tertiary/aromatic N) is 2. The van der Waals surface area contributed by atoms with Crippen LogP contribution in [0, 0.1) is 6.92 Å². The van der Waals surface area contributed by atoms with Crippen molar-refractivity contribution in [3.05, 3.63) is 35.5 Å². The van der Waals surface area contributed by atoms with Gasteiger partial charge in [0.25, 0.3) is 0 Å². The number of nitrogens with one attached hydrogen (secondary N) is 3. The van der Waals surface area contributed by atoms with E-state index in [1.807, 2.05) is 7.05 Å². The molecule has 3 N–H and O–H groups in total. The van der Waals surface area contributed by atoms with E-state index in [0.717, 1.165) is 31.5 Å². The Labute approximate surface area is 185 Å². The van der Waals surface area contributed by atoms with Gasteiger partial charge in [0.2, 0.25) is 0 Å². The smallest absolute Gasteiger partial charge is 0.191 e. The Hall–Kier alpha value is -1.28. The Balaban J connectivity index is 0.00000225. The van der Waals surface area contributed by atoms with E-state index in [4.69, 9.17) is 0 Å². The number of benzene rings is 1. The predicted octanol–water partition coefficient (Wildman–Crippen LogP) is 3.82. The predicted molar refractivity (Wildman–Crippen MR) is 129 cm³/mol. The van der Waals surface area contributed by atoms with Crippen molar-refractivity contribution in [2.45, 2.75) is 57.5 Å². The molecule has 154 valence electrons. The molecule has 1 aliphatic carbocycles. The van der Waals surface area contributed by atoms with Gasteiger partial charge < -0.3 is 15.6 Å². The number of hydrogen-bond acceptors (Lipinski definition) is 2. The molecule has 0 radical (unpaired) electrons. The fourth-order valence-electron chi connectivity index (χ4n) is 4.86. The van der Waals surface area contributed by atoms with Crippen LogP contribution in [0.25, 0.3) is 10.9 Å². The number of guanidine groups is 1. The average Bonchev–Trinajstić information content (AvgIpc) is 3.41. The molecule has 1 aliphatic heterocycles. The van der Waals surface area contributed by atoms with E-state index < -0.39 is 0 Å². The molecule has 2 aromatic rings. The second-order valence-corrected chi connectivity index (χ2v) is 8.09. The number of aromatic amines is 1. The number of hydrogen-bond donors (Lipinski definition) is 3. The van der Waals surface area contributed by atoms with Crippen LogP contribution in [0.1, 0.15) is 43.4 Å². The fourth-order valence-corrected chi connectivity index (χ4v) is 4.86. The zero-order valence-electron chi connectivity index (χ0n) is 17.1. The topological polar surface area (TPSA) is 55.5 Å². The van der Waals surface area contributed by atoms with Crippen molar-refractivity contribution in [2.75, 3.05) is 26.7 Å².